The van der Waals surface area contributed by atoms with Gasteiger partial charge in [-0.05, 0) is 49.9 Å². The fraction of sp³-hybridized carbons (Fsp3) is 0.483. The SMILES string of the molecule is O=C(C(Cc1cc(-c2ccc(Cl)s2)on1)NS(=O)(=O)c1cccc(N2CCCCC2=O)c1OC(F)F)N1CCN(C2CC2)CC1. The number of piperidine rings is 1. The average Bonchev–Trinajstić information content (AvgIpc) is 3.61. The van der Waals surface area contributed by atoms with Gasteiger partial charge in [0, 0.05) is 57.7 Å². The van der Waals surface area contributed by atoms with Crippen LogP contribution in [-0.4, -0.2) is 86.6 Å². The highest BCUT2D eigenvalue weighted by Crippen LogP contribution is 2.38. The fourth-order valence-electron chi connectivity index (χ4n) is 5.77. The Kier molecular flexibility index (Phi) is 9.43. The van der Waals surface area contributed by atoms with E-state index in [1.165, 1.54) is 28.4 Å². The highest BCUT2D eigenvalue weighted by atomic mass is 35.5. The Hall–Kier alpha value is -3.11. The van der Waals surface area contributed by atoms with Crippen LogP contribution in [0.2, 0.25) is 4.34 Å². The van der Waals surface area contributed by atoms with Crippen LogP contribution in [0.25, 0.3) is 10.6 Å². The van der Waals surface area contributed by atoms with Crippen molar-refractivity contribution in [2.24, 2.45) is 0 Å². The third-order valence-electron chi connectivity index (χ3n) is 8.14. The van der Waals surface area contributed by atoms with Crippen molar-refractivity contribution < 1.29 is 36.0 Å². The van der Waals surface area contributed by atoms with Gasteiger partial charge in [-0.1, -0.05) is 22.8 Å². The first-order valence-electron chi connectivity index (χ1n) is 14.7. The largest absolute Gasteiger partial charge is 0.431 e. The van der Waals surface area contributed by atoms with Crippen LogP contribution in [0.15, 0.2) is 45.8 Å². The fourth-order valence-corrected chi connectivity index (χ4v) is 8.11. The zero-order valence-electron chi connectivity index (χ0n) is 24.2. The van der Waals surface area contributed by atoms with Crippen LogP contribution in [0, 0.1) is 0 Å². The summed E-state index contributed by atoms with van der Waals surface area (Å²) in [7, 11) is -4.65. The Labute approximate surface area is 268 Å². The Morgan fingerprint density at radius 2 is 1.91 bits per heavy atom. The summed E-state index contributed by atoms with van der Waals surface area (Å²) >= 11 is 7.33. The van der Waals surface area contributed by atoms with Crippen LogP contribution in [0.4, 0.5) is 14.5 Å². The molecule has 1 aliphatic carbocycles. The van der Waals surface area contributed by atoms with E-state index in [0.717, 1.165) is 18.9 Å². The summed E-state index contributed by atoms with van der Waals surface area (Å²) in [5.41, 5.74) is 0.238. The monoisotopic (exact) mass is 683 g/mol. The maximum Gasteiger partial charge on any atom is 0.387 e. The predicted molar refractivity (Wildman–Crippen MR) is 163 cm³/mol. The number of rotatable bonds is 11. The van der Waals surface area contributed by atoms with Gasteiger partial charge in [0.25, 0.3) is 0 Å². The van der Waals surface area contributed by atoms with Gasteiger partial charge in [-0.3, -0.25) is 14.5 Å². The standard InChI is InChI=1S/C29H32ClF2N5O6S2/c30-25-10-9-23(44-25)22-17-18(33-43-22)16-20(28(39)36-14-12-35(13-15-36)19-7-8-19)34-45(40,41)24-5-3-4-21(27(24)42-29(31)32)37-11-2-1-6-26(37)38/h3-5,9-10,17,19-20,29,34H,1-2,6-8,11-16H2. The molecule has 2 amide bonds. The molecular formula is C29H32ClF2N5O6S2. The van der Waals surface area contributed by atoms with Gasteiger partial charge in [-0.15, -0.1) is 11.3 Å². The lowest BCUT2D eigenvalue weighted by Crippen LogP contribution is -2.55. The van der Waals surface area contributed by atoms with E-state index < -0.39 is 39.2 Å². The van der Waals surface area contributed by atoms with E-state index in [4.69, 9.17) is 20.9 Å². The third-order valence-corrected chi connectivity index (χ3v) is 10.9. The minimum atomic E-state index is -4.65. The molecule has 2 saturated heterocycles. The second-order valence-electron chi connectivity index (χ2n) is 11.2. The van der Waals surface area contributed by atoms with Crippen LogP contribution in [0.3, 0.4) is 0 Å². The number of benzene rings is 1. The number of hydrogen-bond acceptors (Lipinski definition) is 9. The summed E-state index contributed by atoms with van der Waals surface area (Å²) in [6.07, 6.45) is 3.56. The van der Waals surface area contributed by atoms with E-state index in [1.807, 2.05) is 0 Å². The molecule has 2 aromatic heterocycles. The number of hydrogen-bond donors (Lipinski definition) is 1. The van der Waals surface area contributed by atoms with Crippen molar-refractivity contribution in [3.63, 3.8) is 0 Å². The van der Waals surface area contributed by atoms with Crippen LogP contribution in [0.5, 0.6) is 5.75 Å². The van der Waals surface area contributed by atoms with Crippen LogP contribution in [-0.2, 0) is 26.0 Å². The molecule has 1 saturated carbocycles. The summed E-state index contributed by atoms with van der Waals surface area (Å²) in [4.78, 5) is 31.8. The Balaban J connectivity index is 1.30. The van der Waals surface area contributed by atoms with E-state index in [2.05, 4.69) is 14.8 Å². The Morgan fingerprint density at radius 1 is 1.13 bits per heavy atom. The van der Waals surface area contributed by atoms with Crippen molar-refractivity contribution in [2.75, 3.05) is 37.6 Å². The number of halogens is 3. The van der Waals surface area contributed by atoms with Gasteiger partial charge in [0.15, 0.2) is 11.5 Å². The maximum atomic E-state index is 13.9. The highest BCUT2D eigenvalue weighted by molar-refractivity contribution is 7.89. The van der Waals surface area contributed by atoms with Crippen LogP contribution < -0.4 is 14.4 Å². The summed E-state index contributed by atoms with van der Waals surface area (Å²) in [6, 6.07) is 8.10. The van der Waals surface area contributed by atoms with Crippen molar-refractivity contribution in [1.82, 2.24) is 19.7 Å². The van der Waals surface area contributed by atoms with Crippen molar-refractivity contribution in [1.29, 1.82) is 0 Å². The van der Waals surface area contributed by atoms with E-state index in [0.29, 0.717) is 65.7 Å². The second-order valence-corrected chi connectivity index (χ2v) is 14.6. The molecule has 3 aliphatic rings. The molecule has 2 aliphatic heterocycles. The molecule has 3 aromatic rings. The van der Waals surface area contributed by atoms with Crippen molar-refractivity contribution >= 4 is 50.5 Å². The van der Waals surface area contributed by atoms with E-state index >= 15 is 0 Å². The summed E-state index contributed by atoms with van der Waals surface area (Å²) < 4.78 is 68.4. The lowest BCUT2D eigenvalue weighted by Gasteiger charge is -2.36. The van der Waals surface area contributed by atoms with Gasteiger partial charge in [0.1, 0.15) is 10.9 Å². The number of thiophene rings is 1. The normalized spacial score (nSPS) is 18.9. The number of carbonyl (C=O) groups is 2. The van der Waals surface area contributed by atoms with Gasteiger partial charge in [0.2, 0.25) is 21.8 Å². The first-order valence-corrected chi connectivity index (χ1v) is 17.4. The lowest BCUT2D eigenvalue weighted by molar-refractivity contribution is -0.134. The number of nitrogens with one attached hydrogen (secondary N) is 1. The van der Waals surface area contributed by atoms with Crippen molar-refractivity contribution in [3.8, 4) is 16.4 Å². The topological polar surface area (TPSA) is 125 Å². The quantitative estimate of drug-likeness (QED) is 0.316. The number of amides is 2. The van der Waals surface area contributed by atoms with E-state index in [1.54, 1.807) is 23.1 Å². The molecule has 1 N–H and O–H groups in total. The minimum absolute atomic E-state index is 0.0716. The molecule has 1 aromatic carbocycles. The number of sulfonamides is 1. The molecule has 3 fully saturated rings. The predicted octanol–water partition coefficient (Wildman–Crippen LogP) is 4.37. The molecular weight excluding hydrogens is 652 g/mol. The van der Waals surface area contributed by atoms with E-state index in [-0.39, 0.29) is 31.0 Å². The smallest absolute Gasteiger partial charge is 0.387 e. The third kappa shape index (κ3) is 7.32. The van der Waals surface area contributed by atoms with E-state index in [9.17, 15) is 26.8 Å². The number of aromatic nitrogens is 1. The molecule has 11 nitrogen and oxygen atoms in total. The molecule has 16 heteroatoms. The number of anilines is 1. The zero-order valence-corrected chi connectivity index (χ0v) is 26.6. The number of ether oxygens (including phenoxy) is 1. The zero-order chi connectivity index (χ0) is 31.7. The summed E-state index contributed by atoms with van der Waals surface area (Å²) in [5.74, 6) is -1.05. The molecule has 1 unspecified atom stereocenters. The Bertz CT molecular complexity index is 1660. The van der Waals surface area contributed by atoms with Crippen LogP contribution in [0.1, 0.15) is 37.8 Å². The van der Waals surface area contributed by atoms with Gasteiger partial charge in [-0.25, -0.2) is 8.42 Å². The first kappa shape index (κ1) is 31.9. The van der Waals surface area contributed by atoms with Gasteiger partial charge >= 0.3 is 6.61 Å². The van der Waals surface area contributed by atoms with Gasteiger partial charge in [-0.2, -0.15) is 13.5 Å². The average molecular weight is 684 g/mol. The maximum absolute atomic E-state index is 13.9. The minimum Gasteiger partial charge on any atom is -0.431 e. The lowest BCUT2D eigenvalue weighted by atomic mass is 10.1. The van der Waals surface area contributed by atoms with Crippen LogP contribution >= 0.6 is 22.9 Å². The number of piperazine rings is 1. The molecule has 45 heavy (non-hydrogen) atoms. The molecule has 4 heterocycles. The molecule has 1 atom stereocenters. The Morgan fingerprint density at radius 3 is 2.58 bits per heavy atom. The molecule has 242 valence electrons. The molecule has 0 spiro atoms. The molecule has 0 radical (unpaired) electrons. The second kappa shape index (κ2) is 13.3. The number of carbonyl (C=O) groups excluding carboxylic acids is 2. The van der Waals surface area contributed by atoms with Gasteiger partial charge < -0.3 is 19.1 Å². The number of para-hydroxylation sites is 1. The summed E-state index contributed by atoms with van der Waals surface area (Å²) in [6.45, 7) is -0.967. The number of alkyl halides is 2. The highest BCUT2D eigenvalue weighted by Gasteiger charge is 2.37. The summed E-state index contributed by atoms with van der Waals surface area (Å²) in [5, 5.41) is 4.06. The van der Waals surface area contributed by atoms with Crippen molar-refractivity contribution in [3.05, 3.63) is 46.4 Å². The van der Waals surface area contributed by atoms with Crippen molar-refractivity contribution in [2.45, 2.75) is 62.1 Å². The van der Waals surface area contributed by atoms with Gasteiger partial charge in [0.05, 0.1) is 20.6 Å². The number of nitrogens with zero attached hydrogens (tertiary/aromatic N) is 4. The first-order chi connectivity index (χ1) is 21.6. The molecule has 6 rings (SSSR count). The molecule has 0 bridgehead atoms.